The van der Waals surface area contributed by atoms with Gasteiger partial charge < -0.3 is 0 Å². The number of hydrogen-bond donors (Lipinski definition) is 0. The second kappa shape index (κ2) is 7.85. The summed E-state index contributed by atoms with van der Waals surface area (Å²) in [6.45, 7) is 9.11. The third-order valence-corrected chi connectivity index (χ3v) is 8.11. The third kappa shape index (κ3) is 3.33. The van der Waals surface area contributed by atoms with Crippen LogP contribution in [-0.2, 0) is 5.41 Å². The average Bonchev–Trinajstić information content (AvgIpc) is 3.12. The van der Waals surface area contributed by atoms with E-state index >= 15 is 0 Å². The molecule has 0 saturated heterocycles. The Kier molecular flexibility index (Phi) is 4.65. The molecule has 1 aliphatic carbocycles. The topological polar surface area (TPSA) is 25.8 Å². The molecule has 178 valence electrons. The maximum atomic E-state index is 5.02. The fraction of sp³-hybridized carbons (Fsp3) is 0.143. The van der Waals surface area contributed by atoms with Gasteiger partial charge in [0.1, 0.15) is 0 Å². The summed E-state index contributed by atoms with van der Waals surface area (Å²) in [6, 6.07) is 34.8. The van der Waals surface area contributed by atoms with E-state index in [-0.39, 0.29) is 5.41 Å². The number of para-hydroxylation sites is 2. The van der Waals surface area contributed by atoms with Gasteiger partial charge in [0.15, 0.2) is 0 Å². The summed E-state index contributed by atoms with van der Waals surface area (Å²) < 4.78 is 0. The van der Waals surface area contributed by atoms with Gasteiger partial charge in [0.2, 0.25) is 0 Å². The molecule has 6 aromatic rings. The Morgan fingerprint density at radius 2 is 0.919 bits per heavy atom. The highest BCUT2D eigenvalue weighted by Crippen LogP contribution is 2.51. The monoisotopic (exact) mass is 476 g/mol. The van der Waals surface area contributed by atoms with E-state index in [4.69, 9.17) is 9.97 Å². The lowest BCUT2D eigenvalue weighted by atomic mass is 9.80. The average molecular weight is 477 g/mol. The van der Waals surface area contributed by atoms with Gasteiger partial charge >= 0.3 is 0 Å². The number of hydrogen-bond acceptors (Lipinski definition) is 2. The van der Waals surface area contributed by atoms with Crippen molar-refractivity contribution < 1.29 is 0 Å². The van der Waals surface area contributed by atoms with Crippen molar-refractivity contribution in [2.75, 3.05) is 0 Å². The summed E-state index contributed by atoms with van der Waals surface area (Å²) in [7, 11) is 0. The zero-order valence-electron chi connectivity index (χ0n) is 21.6. The number of rotatable bonds is 2. The molecule has 0 N–H and O–H groups in total. The first-order valence-corrected chi connectivity index (χ1v) is 12.9. The molecule has 0 radical (unpaired) electrons. The summed E-state index contributed by atoms with van der Waals surface area (Å²) in [6.07, 6.45) is 0. The fourth-order valence-corrected chi connectivity index (χ4v) is 6.02. The summed E-state index contributed by atoms with van der Waals surface area (Å²) in [5.41, 5.74) is 14.3. The lowest BCUT2D eigenvalue weighted by molar-refractivity contribution is 0.659. The molecule has 2 heteroatoms. The SMILES string of the molecule is Cc1cc2c(cc1-c1ccc3ccccc3n1)-c1cc(-c3ccc4ccccc4n3)c(C)cc1C2(C)C. The highest BCUT2D eigenvalue weighted by atomic mass is 14.7. The standard InChI is InChI=1S/C35H28N2/c1-21-17-29-27(19-25(21)33-15-13-23-9-5-7-11-31(23)36-33)28-20-26(22(2)18-30(28)35(29,3)4)34-16-14-24-10-6-8-12-32(24)37-34/h5-20H,1-4H3. The molecule has 0 saturated carbocycles. The second-order valence-corrected chi connectivity index (χ2v) is 10.8. The van der Waals surface area contributed by atoms with Gasteiger partial charge in [-0.05, 0) is 83.6 Å². The molecule has 0 bridgehead atoms. The van der Waals surface area contributed by atoms with Crippen LogP contribution in [0.4, 0.5) is 0 Å². The van der Waals surface area contributed by atoms with E-state index in [2.05, 4.69) is 125 Å². The van der Waals surface area contributed by atoms with Crippen molar-refractivity contribution >= 4 is 21.8 Å². The first-order chi connectivity index (χ1) is 17.9. The quantitative estimate of drug-likeness (QED) is 0.249. The minimum atomic E-state index is -0.0646. The Bertz CT molecular complexity index is 1740. The first kappa shape index (κ1) is 21.9. The molecule has 4 aromatic carbocycles. The van der Waals surface area contributed by atoms with Crippen LogP contribution in [0.2, 0.25) is 0 Å². The third-order valence-electron chi connectivity index (χ3n) is 8.11. The van der Waals surface area contributed by atoms with Gasteiger partial charge in [-0.2, -0.15) is 0 Å². The number of fused-ring (bicyclic) bond motifs is 5. The molecule has 1 aliphatic rings. The van der Waals surface area contributed by atoms with Crippen LogP contribution < -0.4 is 0 Å². The maximum Gasteiger partial charge on any atom is 0.0712 e. The van der Waals surface area contributed by atoms with Crippen molar-refractivity contribution in [3.63, 3.8) is 0 Å². The van der Waals surface area contributed by atoms with E-state index in [1.54, 1.807) is 0 Å². The predicted molar refractivity (Wildman–Crippen MR) is 155 cm³/mol. The Balaban J connectivity index is 1.43. The van der Waals surface area contributed by atoms with E-state index in [1.807, 2.05) is 0 Å². The molecule has 0 unspecified atom stereocenters. The van der Waals surface area contributed by atoms with Crippen molar-refractivity contribution in [3.05, 3.63) is 119 Å². The number of aryl methyl sites for hydroxylation is 2. The van der Waals surface area contributed by atoms with Crippen LogP contribution in [0.3, 0.4) is 0 Å². The van der Waals surface area contributed by atoms with Crippen LogP contribution in [-0.4, -0.2) is 9.97 Å². The van der Waals surface area contributed by atoms with E-state index in [0.717, 1.165) is 22.4 Å². The van der Waals surface area contributed by atoms with Crippen LogP contribution >= 0.6 is 0 Å². The van der Waals surface area contributed by atoms with Crippen molar-refractivity contribution in [2.24, 2.45) is 0 Å². The lowest BCUT2D eigenvalue weighted by Gasteiger charge is -2.23. The molecule has 0 spiro atoms. The van der Waals surface area contributed by atoms with Gasteiger partial charge in [-0.25, -0.2) is 9.97 Å². The Morgan fingerprint density at radius 3 is 1.38 bits per heavy atom. The zero-order chi connectivity index (χ0) is 25.3. The van der Waals surface area contributed by atoms with Gasteiger partial charge in [-0.1, -0.05) is 74.5 Å². The highest BCUT2D eigenvalue weighted by Gasteiger charge is 2.37. The van der Waals surface area contributed by atoms with Crippen molar-refractivity contribution in [1.29, 1.82) is 0 Å². The van der Waals surface area contributed by atoms with Crippen molar-refractivity contribution in [2.45, 2.75) is 33.1 Å². The second-order valence-electron chi connectivity index (χ2n) is 10.8. The van der Waals surface area contributed by atoms with E-state index in [0.29, 0.717) is 0 Å². The zero-order valence-corrected chi connectivity index (χ0v) is 21.6. The fourth-order valence-electron chi connectivity index (χ4n) is 6.02. The van der Waals surface area contributed by atoms with Crippen LogP contribution in [0, 0.1) is 13.8 Å². The maximum absolute atomic E-state index is 5.02. The Hall–Kier alpha value is -4.30. The minimum absolute atomic E-state index is 0.0646. The molecular weight excluding hydrogens is 448 g/mol. The summed E-state index contributed by atoms with van der Waals surface area (Å²) in [5.74, 6) is 0. The van der Waals surface area contributed by atoms with Crippen molar-refractivity contribution in [1.82, 2.24) is 9.97 Å². The number of aromatic nitrogens is 2. The molecule has 2 aromatic heterocycles. The normalized spacial score (nSPS) is 13.6. The van der Waals surface area contributed by atoms with Crippen molar-refractivity contribution in [3.8, 4) is 33.6 Å². The summed E-state index contributed by atoms with van der Waals surface area (Å²) in [5, 5.41) is 2.33. The van der Waals surface area contributed by atoms with Gasteiger partial charge in [0.25, 0.3) is 0 Å². The Morgan fingerprint density at radius 1 is 0.486 bits per heavy atom. The number of benzene rings is 4. The first-order valence-electron chi connectivity index (χ1n) is 12.9. The van der Waals surface area contributed by atoms with Gasteiger partial charge in [-0.15, -0.1) is 0 Å². The molecule has 0 amide bonds. The Labute approximate surface area is 217 Å². The summed E-state index contributed by atoms with van der Waals surface area (Å²) >= 11 is 0. The van der Waals surface area contributed by atoms with E-state index in [1.165, 1.54) is 55.3 Å². The van der Waals surface area contributed by atoms with Gasteiger partial charge in [-0.3, -0.25) is 0 Å². The lowest BCUT2D eigenvalue weighted by Crippen LogP contribution is -2.15. The smallest absolute Gasteiger partial charge is 0.0712 e. The molecule has 37 heavy (non-hydrogen) atoms. The molecule has 0 aliphatic heterocycles. The molecule has 2 nitrogen and oxygen atoms in total. The largest absolute Gasteiger partial charge is 0.248 e. The predicted octanol–water partition coefficient (Wildman–Crippen LogP) is 9.04. The minimum Gasteiger partial charge on any atom is -0.248 e. The molecule has 0 fully saturated rings. The van der Waals surface area contributed by atoms with Crippen LogP contribution in [0.25, 0.3) is 55.4 Å². The van der Waals surface area contributed by atoms with Gasteiger partial charge in [0, 0.05) is 27.3 Å². The van der Waals surface area contributed by atoms with Crippen LogP contribution in [0.15, 0.2) is 97.1 Å². The van der Waals surface area contributed by atoms with Crippen LogP contribution in [0.1, 0.15) is 36.1 Å². The molecular formula is C35H28N2. The number of pyridine rings is 2. The molecule has 2 heterocycles. The number of nitrogens with zero attached hydrogens (tertiary/aromatic N) is 2. The van der Waals surface area contributed by atoms with E-state index in [9.17, 15) is 0 Å². The molecule has 0 atom stereocenters. The van der Waals surface area contributed by atoms with E-state index < -0.39 is 0 Å². The summed E-state index contributed by atoms with van der Waals surface area (Å²) in [4.78, 5) is 10.0. The van der Waals surface area contributed by atoms with Gasteiger partial charge in [0.05, 0.1) is 22.4 Å². The molecule has 7 rings (SSSR count). The highest BCUT2D eigenvalue weighted by molar-refractivity contribution is 5.90. The van der Waals surface area contributed by atoms with Crippen LogP contribution in [0.5, 0.6) is 0 Å².